The predicted octanol–water partition coefficient (Wildman–Crippen LogP) is 5.83. The summed E-state index contributed by atoms with van der Waals surface area (Å²) in [6.45, 7) is -0.147. The van der Waals surface area contributed by atoms with E-state index in [0.29, 0.717) is 16.1 Å². The molecule has 0 N–H and O–H groups in total. The highest BCUT2D eigenvalue weighted by Crippen LogP contribution is 2.62. The Morgan fingerprint density at radius 1 is 1.09 bits per heavy atom. The molecule has 2 fully saturated rings. The summed E-state index contributed by atoms with van der Waals surface area (Å²) >= 11 is 13.5. The van der Waals surface area contributed by atoms with Gasteiger partial charge < -0.3 is 18.9 Å². The maximum Gasteiger partial charge on any atom is 0.195 e. The molecule has 45 heavy (non-hydrogen) atoms. The quantitative estimate of drug-likeness (QED) is 0.137. The average Bonchev–Trinajstić information content (AvgIpc) is 3.77. The Labute approximate surface area is 269 Å². The minimum atomic E-state index is -1.69. The van der Waals surface area contributed by atoms with Crippen LogP contribution >= 0.6 is 35.6 Å². The second-order valence-corrected chi connectivity index (χ2v) is 12.4. The van der Waals surface area contributed by atoms with E-state index in [0.717, 1.165) is 12.1 Å². The third kappa shape index (κ3) is 4.53. The molecular formula is C30H23ClF3N5O4S2. The third-order valence-corrected chi connectivity index (χ3v) is 9.82. The van der Waals surface area contributed by atoms with Crippen LogP contribution in [0, 0.1) is 17.5 Å². The normalized spacial score (nSPS) is 29.8. The minimum Gasteiger partial charge on any atom is -0.364 e. The van der Waals surface area contributed by atoms with Gasteiger partial charge in [0.15, 0.2) is 39.9 Å². The van der Waals surface area contributed by atoms with Gasteiger partial charge in [-0.15, -0.1) is 29.1 Å². The maximum absolute atomic E-state index is 14.3. The van der Waals surface area contributed by atoms with Crippen LogP contribution < -0.4 is 0 Å². The summed E-state index contributed by atoms with van der Waals surface area (Å²) in [4.78, 5) is 9.03. The summed E-state index contributed by atoms with van der Waals surface area (Å²) in [5.41, 5.74) is -3.28. The Morgan fingerprint density at radius 3 is 2.53 bits per heavy atom. The molecule has 0 bridgehead atoms. The second kappa shape index (κ2) is 11.5. The smallest absolute Gasteiger partial charge is 0.195 e. The van der Waals surface area contributed by atoms with Crippen LogP contribution in [0.1, 0.15) is 22.4 Å². The largest absolute Gasteiger partial charge is 0.364 e. The Bertz CT molecular complexity index is 1800. The molecule has 2 aliphatic heterocycles. The summed E-state index contributed by atoms with van der Waals surface area (Å²) in [5, 5.41) is 9.24. The van der Waals surface area contributed by atoms with Crippen molar-refractivity contribution in [1.82, 2.24) is 25.0 Å². The number of thiol groups is 1. The molecule has 6 atom stereocenters. The van der Waals surface area contributed by atoms with Gasteiger partial charge in [-0.2, -0.15) is 0 Å². The molecule has 0 aliphatic carbocycles. The van der Waals surface area contributed by atoms with Crippen molar-refractivity contribution in [3.63, 3.8) is 0 Å². The van der Waals surface area contributed by atoms with Gasteiger partial charge in [-0.05, 0) is 18.2 Å². The molecule has 2 aliphatic rings. The van der Waals surface area contributed by atoms with Gasteiger partial charge in [0.05, 0.1) is 12.8 Å². The Hall–Kier alpha value is -3.37. The van der Waals surface area contributed by atoms with Crippen molar-refractivity contribution < 1.29 is 32.1 Å². The molecule has 2 aromatic carbocycles. The fraction of sp³-hybridized carbons (Fsp3) is 0.267. The van der Waals surface area contributed by atoms with Crippen molar-refractivity contribution in [1.29, 1.82) is 0 Å². The number of hydrogen-bond donors (Lipinski definition) is 1. The van der Waals surface area contributed by atoms with Crippen molar-refractivity contribution >= 4 is 35.6 Å². The number of alkyl halides is 1. The first-order valence-corrected chi connectivity index (χ1v) is 15.3. The van der Waals surface area contributed by atoms with Crippen molar-refractivity contribution in [2.45, 2.75) is 34.0 Å². The van der Waals surface area contributed by atoms with Gasteiger partial charge in [-0.3, -0.25) is 4.98 Å². The van der Waals surface area contributed by atoms with Gasteiger partial charge in [0.25, 0.3) is 0 Å². The third-order valence-electron chi connectivity index (χ3n) is 8.06. The van der Waals surface area contributed by atoms with Crippen LogP contribution in [0.3, 0.4) is 0 Å². The first kappa shape index (κ1) is 30.3. The fourth-order valence-electron chi connectivity index (χ4n) is 6.14. The number of pyridine rings is 1. The van der Waals surface area contributed by atoms with E-state index in [-0.39, 0.29) is 17.9 Å². The second-order valence-electron chi connectivity index (χ2n) is 10.4. The number of benzene rings is 2. The van der Waals surface area contributed by atoms with Crippen molar-refractivity contribution in [2.75, 3.05) is 13.7 Å². The van der Waals surface area contributed by atoms with Crippen LogP contribution in [-0.4, -0.2) is 55.3 Å². The van der Waals surface area contributed by atoms with E-state index in [4.69, 9.17) is 43.2 Å². The number of fused-ring (bicyclic) bond motifs is 1. The summed E-state index contributed by atoms with van der Waals surface area (Å²) < 4.78 is 69.7. The molecule has 15 heteroatoms. The number of halogens is 4. The molecule has 5 aromatic rings. The zero-order valence-electron chi connectivity index (χ0n) is 23.3. The Kier molecular flexibility index (Phi) is 7.71. The predicted molar refractivity (Wildman–Crippen MR) is 160 cm³/mol. The highest BCUT2D eigenvalue weighted by atomic mass is 35.5. The molecule has 5 heterocycles. The van der Waals surface area contributed by atoms with E-state index in [2.05, 4.69) is 20.3 Å². The molecule has 0 saturated carbocycles. The fourth-order valence-corrected chi connectivity index (χ4v) is 8.16. The lowest BCUT2D eigenvalue weighted by Crippen LogP contribution is -2.77. The molecule has 232 valence electrons. The zero-order valence-corrected chi connectivity index (χ0v) is 25.7. The SMILES string of the molecule is CO[C@@]1(c2nccs2)[C@@H](S)O[C@@]2(Cl)COC(c3ccccc3)O[C@@H]2C1(c1cccnc1)n1cc(-c2cc(F)c(F)c(F)c2)nn1. The molecule has 9 nitrogen and oxygen atoms in total. The molecule has 0 radical (unpaired) electrons. The van der Waals surface area contributed by atoms with Crippen LogP contribution in [0.25, 0.3) is 11.3 Å². The number of methoxy groups -OCH3 is 1. The lowest BCUT2D eigenvalue weighted by Gasteiger charge is -2.62. The van der Waals surface area contributed by atoms with Crippen LogP contribution in [0.5, 0.6) is 0 Å². The van der Waals surface area contributed by atoms with Gasteiger partial charge in [0.1, 0.15) is 22.2 Å². The molecule has 7 rings (SSSR count). The number of ether oxygens (including phenoxy) is 4. The van der Waals surface area contributed by atoms with Crippen molar-refractivity contribution in [3.8, 4) is 11.3 Å². The first-order chi connectivity index (χ1) is 21.7. The number of rotatable bonds is 6. The van der Waals surface area contributed by atoms with E-state index in [9.17, 15) is 13.2 Å². The van der Waals surface area contributed by atoms with Gasteiger partial charge in [-0.25, -0.2) is 22.8 Å². The van der Waals surface area contributed by atoms with E-state index in [1.54, 1.807) is 36.1 Å². The highest BCUT2D eigenvalue weighted by Gasteiger charge is 2.76. The molecule has 2 saturated heterocycles. The van der Waals surface area contributed by atoms with E-state index in [1.165, 1.54) is 29.3 Å². The molecule has 0 amide bonds. The topological polar surface area (TPSA) is 93.4 Å². The van der Waals surface area contributed by atoms with E-state index >= 15 is 0 Å². The summed E-state index contributed by atoms with van der Waals surface area (Å²) in [6, 6.07) is 14.4. The monoisotopic (exact) mass is 673 g/mol. The summed E-state index contributed by atoms with van der Waals surface area (Å²) in [6.07, 6.45) is 4.15. The van der Waals surface area contributed by atoms with Crippen LogP contribution in [-0.2, 0) is 30.1 Å². The molecule has 3 aromatic heterocycles. The Balaban J connectivity index is 1.54. The van der Waals surface area contributed by atoms with Crippen LogP contribution in [0.2, 0.25) is 0 Å². The standard InChI is InChI=1S/C30H23ClF3N5O4S2/c1-40-30(26-36-10-11-45-26)27(44)43-28(31)16-41-24(17-6-3-2-4-7-17)42-25(28)29(30,19-8-5-9-35-14-19)39-15-22(37-38-39)18-12-20(32)23(34)21(33)13-18/h2-15,24-25,27,44H,16H2,1H3/t24?,25-,27+,28-,29?,30-/m0/s1. The van der Waals surface area contributed by atoms with Gasteiger partial charge >= 0.3 is 0 Å². The van der Waals surface area contributed by atoms with Crippen LogP contribution in [0.15, 0.2) is 84.8 Å². The van der Waals surface area contributed by atoms with Gasteiger partial charge in [-0.1, -0.05) is 53.2 Å². The van der Waals surface area contributed by atoms with Crippen molar-refractivity contribution in [2.24, 2.45) is 0 Å². The number of aromatic nitrogens is 5. The zero-order chi connectivity index (χ0) is 31.4. The van der Waals surface area contributed by atoms with Gasteiger partial charge in [0, 0.05) is 47.8 Å². The molecular weight excluding hydrogens is 651 g/mol. The molecule has 0 spiro atoms. The van der Waals surface area contributed by atoms with Crippen molar-refractivity contribution in [3.05, 3.63) is 118 Å². The Morgan fingerprint density at radius 2 is 1.87 bits per heavy atom. The summed E-state index contributed by atoms with van der Waals surface area (Å²) in [7, 11) is 1.47. The van der Waals surface area contributed by atoms with E-state index in [1.807, 2.05) is 30.3 Å². The first-order valence-electron chi connectivity index (χ1n) is 13.5. The van der Waals surface area contributed by atoms with Gasteiger partial charge in [0.2, 0.25) is 0 Å². The molecule has 2 unspecified atom stereocenters. The van der Waals surface area contributed by atoms with Crippen LogP contribution in [0.4, 0.5) is 13.2 Å². The highest BCUT2D eigenvalue weighted by molar-refractivity contribution is 7.80. The number of hydrogen-bond acceptors (Lipinski definition) is 10. The number of nitrogens with zero attached hydrogens (tertiary/aromatic N) is 5. The lowest BCUT2D eigenvalue weighted by molar-refractivity contribution is -0.361. The summed E-state index contributed by atoms with van der Waals surface area (Å²) in [5.74, 6) is -4.36. The number of thiazole rings is 1. The minimum absolute atomic E-state index is 0.0225. The average molecular weight is 674 g/mol. The lowest BCUT2D eigenvalue weighted by atomic mass is 9.67. The van der Waals surface area contributed by atoms with E-state index < -0.39 is 51.5 Å². The maximum atomic E-state index is 14.3.